The zero-order valence-corrected chi connectivity index (χ0v) is 14.6. The predicted octanol–water partition coefficient (Wildman–Crippen LogP) is 4.02. The van der Waals surface area contributed by atoms with Gasteiger partial charge in [0, 0.05) is 41.9 Å². The number of allylic oxidation sites excluding steroid dienone is 1. The fourth-order valence-corrected chi connectivity index (χ4v) is 2.92. The molecule has 0 saturated heterocycles. The molecule has 0 fully saturated rings. The number of hydrogen-bond acceptors (Lipinski definition) is 3. The van der Waals surface area contributed by atoms with Crippen LogP contribution in [0.1, 0.15) is 6.92 Å². The van der Waals surface area contributed by atoms with E-state index in [-0.39, 0.29) is 0 Å². The van der Waals surface area contributed by atoms with Crippen molar-refractivity contribution in [3.05, 3.63) is 67.0 Å². The second-order valence-electron chi connectivity index (χ2n) is 6.05. The summed E-state index contributed by atoms with van der Waals surface area (Å²) in [5.41, 5.74) is 10.7. The molecule has 0 radical (unpaired) electrons. The van der Waals surface area contributed by atoms with Crippen LogP contribution in [-0.2, 0) is 4.74 Å². The third-order valence-electron chi connectivity index (χ3n) is 4.28. The number of aromatic nitrogens is 3. The summed E-state index contributed by atoms with van der Waals surface area (Å²) in [6.45, 7) is 1.83. The highest BCUT2D eigenvalue weighted by atomic mass is 16.5. The molecule has 0 aliphatic heterocycles. The number of methoxy groups -OCH3 is 1. The van der Waals surface area contributed by atoms with Gasteiger partial charge in [-0.1, -0.05) is 12.1 Å². The largest absolute Gasteiger partial charge is 0.501 e. The van der Waals surface area contributed by atoms with E-state index in [2.05, 4.69) is 39.2 Å². The minimum absolute atomic E-state index is 0.367. The first-order valence-electron chi connectivity index (χ1n) is 8.25. The number of fused-ring (bicyclic) bond motifs is 2. The highest BCUT2D eigenvalue weighted by Crippen LogP contribution is 2.29. The van der Waals surface area contributed by atoms with Gasteiger partial charge in [-0.15, -0.1) is 0 Å². The van der Waals surface area contributed by atoms with Crippen molar-refractivity contribution in [2.24, 2.45) is 10.7 Å². The molecule has 0 amide bonds. The fraction of sp³-hybridized carbons (Fsp3) is 0.100. The molecule has 4 rings (SSSR count). The number of imidazole rings is 1. The topological polar surface area (TPSA) is 80.7 Å². The summed E-state index contributed by atoms with van der Waals surface area (Å²) in [5, 5.41) is 1.18. The zero-order chi connectivity index (χ0) is 18.1. The van der Waals surface area contributed by atoms with Crippen LogP contribution in [0.5, 0.6) is 0 Å². The Morgan fingerprint density at radius 1 is 1.27 bits per heavy atom. The summed E-state index contributed by atoms with van der Waals surface area (Å²) < 4.78 is 7.08. The van der Waals surface area contributed by atoms with Gasteiger partial charge in [-0.25, -0.2) is 9.98 Å². The van der Waals surface area contributed by atoms with Crippen molar-refractivity contribution in [2.75, 3.05) is 7.11 Å². The van der Waals surface area contributed by atoms with Gasteiger partial charge in [-0.2, -0.15) is 0 Å². The van der Waals surface area contributed by atoms with Crippen molar-refractivity contribution in [3.8, 4) is 11.1 Å². The molecule has 3 heterocycles. The van der Waals surface area contributed by atoms with Crippen LogP contribution in [0.15, 0.2) is 71.9 Å². The Bertz CT molecular complexity index is 1150. The molecule has 0 unspecified atom stereocenters. The molecule has 3 N–H and O–H groups in total. The maximum absolute atomic E-state index is 6.04. The molecule has 0 saturated carbocycles. The molecule has 4 aromatic rings. The number of nitrogens with zero attached hydrogens (tertiary/aromatic N) is 3. The highest BCUT2D eigenvalue weighted by molar-refractivity contribution is 5.95. The average molecular weight is 345 g/mol. The Labute approximate surface area is 150 Å². The zero-order valence-electron chi connectivity index (χ0n) is 14.6. The minimum atomic E-state index is 0.367. The van der Waals surface area contributed by atoms with Crippen LogP contribution in [0.3, 0.4) is 0 Å². The molecule has 1 aromatic carbocycles. The van der Waals surface area contributed by atoms with Crippen molar-refractivity contribution < 1.29 is 4.74 Å². The van der Waals surface area contributed by atoms with Gasteiger partial charge in [-0.05, 0) is 36.1 Å². The van der Waals surface area contributed by atoms with Crippen molar-refractivity contribution in [1.82, 2.24) is 14.4 Å². The number of hydrogen-bond donors (Lipinski definition) is 2. The predicted molar refractivity (Wildman–Crippen MR) is 105 cm³/mol. The summed E-state index contributed by atoms with van der Waals surface area (Å²) in [7, 11) is 1.60. The smallest absolute Gasteiger partial charge is 0.162 e. The molecule has 3 aromatic heterocycles. The Hall–Kier alpha value is -3.54. The number of nitrogens with one attached hydrogen (secondary N) is 1. The number of amidine groups is 1. The molecular formula is C20H19N5O. The average Bonchev–Trinajstić information content (AvgIpc) is 3.29. The van der Waals surface area contributed by atoms with Gasteiger partial charge in [0.15, 0.2) is 5.65 Å². The van der Waals surface area contributed by atoms with E-state index in [0.717, 1.165) is 22.3 Å². The van der Waals surface area contributed by atoms with Crippen LogP contribution < -0.4 is 5.73 Å². The van der Waals surface area contributed by atoms with Gasteiger partial charge in [-0.3, -0.25) is 0 Å². The summed E-state index contributed by atoms with van der Waals surface area (Å²) in [4.78, 5) is 12.2. The van der Waals surface area contributed by atoms with Gasteiger partial charge in [0.05, 0.1) is 12.9 Å². The number of rotatable bonds is 4. The van der Waals surface area contributed by atoms with E-state index in [1.54, 1.807) is 19.4 Å². The Morgan fingerprint density at radius 3 is 3.00 bits per heavy atom. The quantitative estimate of drug-likeness (QED) is 0.333. The third kappa shape index (κ3) is 2.93. The monoisotopic (exact) mass is 345 g/mol. The number of ether oxygens (including phenoxy) is 1. The van der Waals surface area contributed by atoms with Crippen LogP contribution in [0.4, 0.5) is 5.69 Å². The maximum Gasteiger partial charge on any atom is 0.162 e. The van der Waals surface area contributed by atoms with E-state index in [0.29, 0.717) is 17.3 Å². The van der Waals surface area contributed by atoms with Crippen LogP contribution >= 0.6 is 0 Å². The van der Waals surface area contributed by atoms with Crippen molar-refractivity contribution in [1.29, 1.82) is 0 Å². The summed E-state index contributed by atoms with van der Waals surface area (Å²) in [6.07, 6.45) is 9.32. The molecular weight excluding hydrogens is 326 g/mol. The number of pyridine rings is 1. The van der Waals surface area contributed by atoms with Crippen molar-refractivity contribution in [3.63, 3.8) is 0 Å². The van der Waals surface area contributed by atoms with Crippen LogP contribution in [0.25, 0.3) is 27.7 Å². The van der Waals surface area contributed by atoms with Crippen LogP contribution in [0, 0.1) is 0 Å². The number of aromatic amines is 1. The van der Waals surface area contributed by atoms with Crippen LogP contribution in [-0.4, -0.2) is 27.3 Å². The summed E-state index contributed by atoms with van der Waals surface area (Å²) in [6, 6.07) is 10.4. The Morgan fingerprint density at radius 2 is 2.15 bits per heavy atom. The lowest BCUT2D eigenvalue weighted by molar-refractivity contribution is 0.294. The molecule has 0 atom stereocenters. The number of nitrogens with two attached hydrogens (primary N) is 1. The standard InChI is InChI=1S/C20H19N5O/c1-13(26-2)9-19(21)24-18-11-16(12-25-8-7-23-20(18)25)15-4-3-14-5-6-22-17(14)10-15/h3-12,22H,1-2H3,(H2,21,24)/b13-9-. The molecule has 6 nitrogen and oxygen atoms in total. The Kier molecular flexibility index (Phi) is 3.93. The fourth-order valence-electron chi connectivity index (χ4n) is 2.92. The first kappa shape index (κ1) is 16.0. The van der Waals surface area contributed by atoms with E-state index < -0.39 is 0 Å². The summed E-state index contributed by atoms with van der Waals surface area (Å²) >= 11 is 0. The van der Waals surface area contributed by atoms with Gasteiger partial charge >= 0.3 is 0 Å². The number of aliphatic imine (C=N–C) groups is 1. The van der Waals surface area contributed by atoms with E-state index in [1.165, 1.54) is 5.39 Å². The van der Waals surface area contributed by atoms with Gasteiger partial charge in [0.25, 0.3) is 0 Å². The van der Waals surface area contributed by atoms with Crippen molar-refractivity contribution >= 4 is 28.1 Å². The van der Waals surface area contributed by atoms with E-state index in [1.807, 2.05) is 36.0 Å². The van der Waals surface area contributed by atoms with Crippen molar-refractivity contribution in [2.45, 2.75) is 6.92 Å². The van der Waals surface area contributed by atoms with E-state index >= 15 is 0 Å². The Balaban J connectivity index is 1.85. The molecule has 0 aliphatic carbocycles. The van der Waals surface area contributed by atoms with Crippen LogP contribution in [0.2, 0.25) is 0 Å². The highest BCUT2D eigenvalue weighted by Gasteiger charge is 2.08. The second-order valence-corrected chi connectivity index (χ2v) is 6.05. The first-order chi connectivity index (χ1) is 12.6. The maximum atomic E-state index is 6.04. The lowest BCUT2D eigenvalue weighted by Gasteiger charge is -2.07. The molecule has 26 heavy (non-hydrogen) atoms. The minimum Gasteiger partial charge on any atom is -0.501 e. The lowest BCUT2D eigenvalue weighted by atomic mass is 10.1. The molecule has 0 bridgehead atoms. The second kappa shape index (κ2) is 6.40. The molecule has 0 spiro atoms. The third-order valence-corrected chi connectivity index (χ3v) is 4.28. The molecule has 130 valence electrons. The van der Waals surface area contributed by atoms with Gasteiger partial charge in [0.2, 0.25) is 0 Å². The summed E-state index contributed by atoms with van der Waals surface area (Å²) in [5.74, 6) is 1.06. The first-order valence-corrected chi connectivity index (χ1v) is 8.25. The lowest BCUT2D eigenvalue weighted by Crippen LogP contribution is -2.08. The molecule has 6 heteroatoms. The van der Waals surface area contributed by atoms with Gasteiger partial charge in [0.1, 0.15) is 11.5 Å². The number of H-pyrrole nitrogens is 1. The number of benzene rings is 1. The SMILES string of the molecule is CO/C(C)=C\C(N)=Nc1cc(-c2ccc3cc[nH]c3c2)cn2ccnc12. The molecule has 0 aliphatic rings. The normalized spacial score (nSPS) is 12.8. The van der Waals surface area contributed by atoms with Gasteiger partial charge < -0.3 is 19.9 Å². The van der Waals surface area contributed by atoms with E-state index in [4.69, 9.17) is 10.5 Å². The van der Waals surface area contributed by atoms with E-state index in [9.17, 15) is 0 Å².